The van der Waals surface area contributed by atoms with Crippen LogP contribution < -0.4 is 5.32 Å². The number of fused-ring (bicyclic) bond motifs is 1. The summed E-state index contributed by atoms with van der Waals surface area (Å²) in [5, 5.41) is 8.35. The second-order valence-corrected chi connectivity index (χ2v) is 5.03. The number of oxazole rings is 1. The third kappa shape index (κ3) is 2.40. The van der Waals surface area contributed by atoms with Crippen molar-refractivity contribution in [3.63, 3.8) is 0 Å². The predicted octanol–water partition coefficient (Wildman–Crippen LogP) is 2.11. The number of aryl methyl sites for hydroxylation is 3. The fourth-order valence-electron chi connectivity index (χ4n) is 2.35. The molecule has 0 aliphatic carbocycles. The largest absolute Gasteiger partial charge is 0.448 e. The molecule has 6 heteroatoms. The van der Waals surface area contributed by atoms with Crippen LogP contribution in [0.4, 0.5) is 0 Å². The minimum Gasteiger partial charge on any atom is -0.448 e. The number of carbonyl (C=O) groups is 1. The highest BCUT2D eigenvalue weighted by atomic mass is 16.3. The summed E-state index contributed by atoms with van der Waals surface area (Å²) in [7, 11) is 1.89. The number of hydrogen-bond donors (Lipinski definition) is 1. The first-order valence-electron chi connectivity index (χ1n) is 6.67. The Balaban J connectivity index is 1.84. The highest BCUT2D eigenvalue weighted by molar-refractivity contribution is 5.93. The summed E-state index contributed by atoms with van der Waals surface area (Å²) in [6.07, 6.45) is 1.27. The standard InChI is InChI=1S/C15H16N4O2/c1-9-4-5-13-11(6-9)12(18-19(13)3)7-16-15(20)14-10(2)21-8-17-14/h4-6,8H,7H2,1-3H3,(H,16,20). The number of nitrogens with zero attached hydrogens (tertiary/aromatic N) is 3. The van der Waals surface area contributed by atoms with E-state index in [2.05, 4.69) is 21.5 Å². The minimum absolute atomic E-state index is 0.257. The van der Waals surface area contributed by atoms with E-state index in [0.717, 1.165) is 22.2 Å². The Hall–Kier alpha value is -2.63. The molecule has 0 radical (unpaired) electrons. The van der Waals surface area contributed by atoms with Gasteiger partial charge in [0.25, 0.3) is 5.91 Å². The van der Waals surface area contributed by atoms with E-state index in [1.807, 2.05) is 30.8 Å². The van der Waals surface area contributed by atoms with E-state index in [0.29, 0.717) is 18.0 Å². The zero-order valence-electron chi connectivity index (χ0n) is 12.2. The number of benzene rings is 1. The van der Waals surface area contributed by atoms with Crippen LogP contribution in [0.3, 0.4) is 0 Å². The molecule has 1 amide bonds. The van der Waals surface area contributed by atoms with Crippen LogP contribution >= 0.6 is 0 Å². The Morgan fingerprint density at radius 2 is 2.19 bits per heavy atom. The average molecular weight is 284 g/mol. The van der Waals surface area contributed by atoms with E-state index in [9.17, 15) is 4.79 Å². The number of amides is 1. The summed E-state index contributed by atoms with van der Waals surface area (Å²) in [5.41, 5.74) is 3.36. The molecule has 0 fully saturated rings. The van der Waals surface area contributed by atoms with Crippen molar-refractivity contribution in [1.82, 2.24) is 20.1 Å². The molecule has 0 atom stereocenters. The highest BCUT2D eigenvalue weighted by Gasteiger charge is 2.15. The van der Waals surface area contributed by atoms with Crippen LogP contribution in [0.1, 0.15) is 27.5 Å². The van der Waals surface area contributed by atoms with Gasteiger partial charge < -0.3 is 9.73 Å². The van der Waals surface area contributed by atoms with Crippen molar-refractivity contribution >= 4 is 16.8 Å². The molecule has 1 aromatic carbocycles. The van der Waals surface area contributed by atoms with Gasteiger partial charge in [0.2, 0.25) is 0 Å². The molecule has 21 heavy (non-hydrogen) atoms. The first-order valence-corrected chi connectivity index (χ1v) is 6.67. The zero-order valence-corrected chi connectivity index (χ0v) is 12.2. The first-order chi connectivity index (χ1) is 10.1. The lowest BCUT2D eigenvalue weighted by molar-refractivity contribution is 0.0944. The van der Waals surface area contributed by atoms with Gasteiger partial charge in [0.15, 0.2) is 12.1 Å². The molecule has 0 aliphatic rings. The van der Waals surface area contributed by atoms with E-state index in [4.69, 9.17) is 4.42 Å². The SMILES string of the molecule is Cc1ccc2c(c1)c(CNC(=O)c1ncoc1C)nn2C. The lowest BCUT2D eigenvalue weighted by Crippen LogP contribution is -2.24. The topological polar surface area (TPSA) is 73.0 Å². The number of nitrogens with one attached hydrogen (secondary N) is 1. The van der Waals surface area contributed by atoms with Crippen molar-refractivity contribution in [2.24, 2.45) is 7.05 Å². The van der Waals surface area contributed by atoms with Gasteiger partial charge in [-0.05, 0) is 26.0 Å². The molecule has 108 valence electrons. The van der Waals surface area contributed by atoms with Crippen LogP contribution in [0.25, 0.3) is 10.9 Å². The van der Waals surface area contributed by atoms with E-state index < -0.39 is 0 Å². The monoisotopic (exact) mass is 284 g/mol. The van der Waals surface area contributed by atoms with Gasteiger partial charge in [0.1, 0.15) is 5.76 Å². The van der Waals surface area contributed by atoms with Crippen molar-refractivity contribution in [1.29, 1.82) is 0 Å². The molecule has 6 nitrogen and oxygen atoms in total. The quantitative estimate of drug-likeness (QED) is 0.799. The van der Waals surface area contributed by atoms with E-state index in [1.165, 1.54) is 6.39 Å². The normalized spacial score (nSPS) is 11.0. The molecule has 0 unspecified atom stereocenters. The van der Waals surface area contributed by atoms with E-state index >= 15 is 0 Å². The molecule has 0 saturated heterocycles. The second kappa shape index (κ2) is 5.05. The molecule has 0 bridgehead atoms. The van der Waals surface area contributed by atoms with Crippen LogP contribution in [-0.4, -0.2) is 20.7 Å². The van der Waals surface area contributed by atoms with Crippen molar-refractivity contribution in [3.8, 4) is 0 Å². The summed E-state index contributed by atoms with van der Waals surface area (Å²) >= 11 is 0. The number of hydrogen-bond acceptors (Lipinski definition) is 4. The highest BCUT2D eigenvalue weighted by Crippen LogP contribution is 2.19. The van der Waals surface area contributed by atoms with E-state index in [1.54, 1.807) is 6.92 Å². The van der Waals surface area contributed by atoms with Crippen LogP contribution in [0.2, 0.25) is 0 Å². The Morgan fingerprint density at radius 3 is 2.90 bits per heavy atom. The Labute approximate surface area is 121 Å². The van der Waals surface area contributed by atoms with Crippen molar-refractivity contribution in [2.45, 2.75) is 20.4 Å². The molecular formula is C15H16N4O2. The third-order valence-electron chi connectivity index (χ3n) is 3.46. The molecule has 0 saturated carbocycles. The zero-order chi connectivity index (χ0) is 15.0. The minimum atomic E-state index is -0.257. The van der Waals surface area contributed by atoms with Gasteiger partial charge in [-0.1, -0.05) is 11.6 Å². The maximum absolute atomic E-state index is 12.0. The fraction of sp³-hybridized carbons (Fsp3) is 0.267. The summed E-state index contributed by atoms with van der Waals surface area (Å²) in [5.74, 6) is 0.252. The van der Waals surface area contributed by atoms with Gasteiger partial charge in [-0.3, -0.25) is 9.48 Å². The lowest BCUT2D eigenvalue weighted by atomic mass is 10.1. The van der Waals surface area contributed by atoms with Crippen LogP contribution in [0, 0.1) is 13.8 Å². The van der Waals surface area contributed by atoms with Gasteiger partial charge in [0, 0.05) is 12.4 Å². The number of rotatable bonds is 3. The Morgan fingerprint density at radius 1 is 1.38 bits per heavy atom. The van der Waals surface area contributed by atoms with Crippen LogP contribution in [0.15, 0.2) is 29.0 Å². The molecule has 3 rings (SSSR count). The maximum atomic E-state index is 12.0. The number of aromatic nitrogens is 3. The summed E-state index contributed by atoms with van der Waals surface area (Å²) in [6, 6.07) is 6.15. The average Bonchev–Trinajstić information content (AvgIpc) is 3.00. The fourth-order valence-corrected chi connectivity index (χ4v) is 2.35. The molecule has 0 spiro atoms. The second-order valence-electron chi connectivity index (χ2n) is 5.03. The lowest BCUT2D eigenvalue weighted by Gasteiger charge is -2.02. The Kier molecular flexibility index (Phi) is 3.21. The van der Waals surface area contributed by atoms with Crippen molar-refractivity contribution in [2.75, 3.05) is 0 Å². The predicted molar refractivity (Wildman–Crippen MR) is 77.9 cm³/mol. The molecule has 2 aromatic heterocycles. The maximum Gasteiger partial charge on any atom is 0.273 e. The van der Waals surface area contributed by atoms with Crippen LogP contribution in [0.5, 0.6) is 0 Å². The van der Waals surface area contributed by atoms with Gasteiger partial charge in [-0.15, -0.1) is 0 Å². The smallest absolute Gasteiger partial charge is 0.273 e. The molecule has 1 N–H and O–H groups in total. The summed E-state index contributed by atoms with van der Waals surface area (Å²) in [6.45, 7) is 4.10. The molecule has 0 aliphatic heterocycles. The van der Waals surface area contributed by atoms with Gasteiger partial charge in [-0.2, -0.15) is 5.10 Å². The number of carbonyl (C=O) groups excluding carboxylic acids is 1. The van der Waals surface area contributed by atoms with Gasteiger partial charge in [-0.25, -0.2) is 4.98 Å². The van der Waals surface area contributed by atoms with E-state index in [-0.39, 0.29) is 5.91 Å². The van der Waals surface area contributed by atoms with Gasteiger partial charge >= 0.3 is 0 Å². The first kappa shape index (κ1) is 13.4. The Bertz CT molecular complexity index is 816. The molecule has 3 aromatic rings. The summed E-state index contributed by atoms with van der Waals surface area (Å²) in [4.78, 5) is 15.9. The third-order valence-corrected chi connectivity index (χ3v) is 3.46. The molecular weight excluding hydrogens is 268 g/mol. The van der Waals surface area contributed by atoms with Gasteiger partial charge in [0.05, 0.1) is 17.8 Å². The van der Waals surface area contributed by atoms with Crippen molar-refractivity contribution in [3.05, 3.63) is 47.3 Å². The van der Waals surface area contributed by atoms with Crippen molar-refractivity contribution < 1.29 is 9.21 Å². The molecule has 2 heterocycles. The summed E-state index contributed by atoms with van der Waals surface area (Å²) < 4.78 is 6.85. The van der Waals surface area contributed by atoms with Crippen LogP contribution in [-0.2, 0) is 13.6 Å².